The zero-order valence-corrected chi connectivity index (χ0v) is 16.1. The molecule has 0 fully saturated rings. The van der Waals surface area contributed by atoms with Crippen molar-refractivity contribution in [1.82, 2.24) is 24.1 Å². The maximum atomic E-state index is 6.12. The highest BCUT2D eigenvalue weighted by molar-refractivity contribution is 7.98. The Balaban J connectivity index is 1.59. The van der Waals surface area contributed by atoms with E-state index in [1.165, 1.54) is 5.56 Å². The van der Waals surface area contributed by atoms with E-state index in [4.69, 9.17) is 16.6 Å². The van der Waals surface area contributed by atoms with Crippen molar-refractivity contribution in [3.05, 3.63) is 65.1 Å². The fraction of sp³-hybridized carbons (Fsp3) is 0.211. The van der Waals surface area contributed by atoms with Crippen LogP contribution in [0.5, 0.6) is 0 Å². The Morgan fingerprint density at radius 2 is 2.04 bits per heavy atom. The van der Waals surface area contributed by atoms with E-state index < -0.39 is 0 Å². The van der Waals surface area contributed by atoms with E-state index in [2.05, 4.69) is 45.3 Å². The average molecular weight is 384 g/mol. The molecule has 3 heterocycles. The summed E-state index contributed by atoms with van der Waals surface area (Å²) in [4.78, 5) is 4.73. The predicted molar refractivity (Wildman–Crippen MR) is 106 cm³/mol. The van der Waals surface area contributed by atoms with E-state index in [1.54, 1.807) is 11.8 Å². The summed E-state index contributed by atoms with van der Waals surface area (Å²) >= 11 is 7.76. The second kappa shape index (κ2) is 7.13. The van der Waals surface area contributed by atoms with E-state index in [1.807, 2.05) is 36.5 Å². The van der Waals surface area contributed by atoms with Crippen LogP contribution >= 0.6 is 23.4 Å². The Kier molecular flexibility index (Phi) is 4.70. The van der Waals surface area contributed by atoms with Crippen LogP contribution in [0.1, 0.15) is 18.2 Å². The number of fused-ring (bicyclic) bond motifs is 1. The van der Waals surface area contributed by atoms with Crippen molar-refractivity contribution >= 4 is 29.0 Å². The van der Waals surface area contributed by atoms with Gasteiger partial charge in [-0.25, -0.2) is 4.98 Å². The van der Waals surface area contributed by atoms with Crippen LogP contribution in [0, 0.1) is 6.92 Å². The summed E-state index contributed by atoms with van der Waals surface area (Å²) in [6.07, 6.45) is 4.09. The van der Waals surface area contributed by atoms with E-state index >= 15 is 0 Å². The Bertz CT molecular complexity index is 1070. The van der Waals surface area contributed by atoms with Gasteiger partial charge in [0.05, 0.1) is 5.69 Å². The molecule has 7 heteroatoms. The van der Waals surface area contributed by atoms with Gasteiger partial charge < -0.3 is 8.97 Å². The van der Waals surface area contributed by atoms with Gasteiger partial charge in [-0.2, -0.15) is 0 Å². The molecule has 26 heavy (non-hydrogen) atoms. The minimum Gasteiger partial charge on any atom is -0.307 e. The minimum atomic E-state index is 0.697. The van der Waals surface area contributed by atoms with E-state index in [0.29, 0.717) is 5.02 Å². The standard InChI is InChI=1S/C19H18ClN5S/c1-3-25-18(14-7-4-8-15(20)10-14)22-23-19(25)26-12-16-11-24-9-5-6-13(2)17(24)21-16/h4-11H,3,12H2,1-2H3. The highest BCUT2D eigenvalue weighted by atomic mass is 35.5. The largest absolute Gasteiger partial charge is 0.307 e. The summed E-state index contributed by atoms with van der Waals surface area (Å²) < 4.78 is 4.17. The number of hydrogen-bond acceptors (Lipinski definition) is 4. The molecule has 0 spiro atoms. The molecule has 0 radical (unpaired) electrons. The lowest BCUT2D eigenvalue weighted by Crippen LogP contribution is -2.00. The summed E-state index contributed by atoms with van der Waals surface area (Å²) in [5.74, 6) is 1.58. The molecule has 4 rings (SSSR count). The quantitative estimate of drug-likeness (QED) is 0.461. The predicted octanol–water partition coefficient (Wildman–Crippen LogP) is 4.87. The van der Waals surface area contributed by atoms with Gasteiger partial charge in [0.1, 0.15) is 5.65 Å². The highest BCUT2D eigenvalue weighted by Crippen LogP contribution is 2.27. The number of hydrogen-bond donors (Lipinski definition) is 0. The topological polar surface area (TPSA) is 48.0 Å². The van der Waals surface area contributed by atoms with Gasteiger partial charge in [-0.15, -0.1) is 10.2 Å². The number of benzene rings is 1. The van der Waals surface area contributed by atoms with Crippen LogP contribution < -0.4 is 0 Å². The third-order valence-corrected chi connectivity index (χ3v) is 5.43. The first-order valence-corrected chi connectivity index (χ1v) is 9.77. The Morgan fingerprint density at radius 1 is 1.15 bits per heavy atom. The lowest BCUT2D eigenvalue weighted by atomic mass is 10.2. The Hall–Kier alpha value is -2.31. The summed E-state index contributed by atoms with van der Waals surface area (Å²) in [5.41, 5.74) is 4.17. The summed E-state index contributed by atoms with van der Waals surface area (Å²) in [7, 11) is 0. The third-order valence-electron chi connectivity index (χ3n) is 4.19. The van der Waals surface area contributed by atoms with Crippen molar-refractivity contribution in [2.75, 3.05) is 0 Å². The van der Waals surface area contributed by atoms with Crippen molar-refractivity contribution < 1.29 is 0 Å². The molecule has 3 aromatic heterocycles. The number of imidazole rings is 1. The van der Waals surface area contributed by atoms with Gasteiger partial charge >= 0.3 is 0 Å². The molecular formula is C19H18ClN5S. The molecule has 0 atom stereocenters. The minimum absolute atomic E-state index is 0.697. The number of pyridine rings is 1. The maximum Gasteiger partial charge on any atom is 0.191 e. The molecular weight excluding hydrogens is 366 g/mol. The van der Waals surface area contributed by atoms with Gasteiger partial charge in [0.2, 0.25) is 0 Å². The number of rotatable bonds is 5. The van der Waals surface area contributed by atoms with Gasteiger partial charge in [0, 0.05) is 35.3 Å². The number of thioether (sulfide) groups is 1. The molecule has 1 aromatic carbocycles. The van der Waals surface area contributed by atoms with Crippen molar-refractivity contribution in [1.29, 1.82) is 0 Å². The van der Waals surface area contributed by atoms with Gasteiger partial charge in [0.25, 0.3) is 0 Å². The van der Waals surface area contributed by atoms with Crippen LogP contribution in [0.4, 0.5) is 0 Å². The first kappa shape index (κ1) is 17.1. The van der Waals surface area contributed by atoms with Gasteiger partial charge in [-0.1, -0.05) is 41.6 Å². The van der Waals surface area contributed by atoms with Gasteiger partial charge in [0.15, 0.2) is 11.0 Å². The summed E-state index contributed by atoms with van der Waals surface area (Å²) in [6, 6.07) is 11.8. The average Bonchev–Trinajstić information content (AvgIpc) is 3.24. The molecule has 0 saturated heterocycles. The fourth-order valence-corrected chi connectivity index (χ4v) is 4.01. The first-order valence-electron chi connectivity index (χ1n) is 8.41. The Morgan fingerprint density at radius 3 is 2.81 bits per heavy atom. The molecule has 0 aliphatic heterocycles. The molecule has 0 amide bonds. The molecule has 0 aliphatic carbocycles. The summed E-state index contributed by atoms with van der Waals surface area (Å²) in [5, 5.41) is 10.3. The third kappa shape index (κ3) is 3.22. The number of aryl methyl sites for hydroxylation is 1. The van der Waals surface area contributed by atoms with Crippen LogP contribution in [-0.2, 0) is 12.3 Å². The zero-order chi connectivity index (χ0) is 18.1. The first-order chi connectivity index (χ1) is 12.7. The normalized spacial score (nSPS) is 11.3. The van der Waals surface area contributed by atoms with Gasteiger partial charge in [-0.05, 0) is 37.6 Å². The number of nitrogens with zero attached hydrogens (tertiary/aromatic N) is 5. The van der Waals surface area contributed by atoms with Crippen molar-refractivity contribution in [2.24, 2.45) is 0 Å². The molecule has 0 saturated carbocycles. The van der Waals surface area contributed by atoms with Gasteiger partial charge in [-0.3, -0.25) is 0 Å². The number of aromatic nitrogens is 5. The van der Waals surface area contributed by atoms with Crippen LogP contribution in [-0.4, -0.2) is 24.1 Å². The van der Waals surface area contributed by atoms with Crippen molar-refractivity contribution in [2.45, 2.75) is 31.3 Å². The number of halogens is 1. The SMILES string of the molecule is CCn1c(SCc2cn3cccc(C)c3n2)nnc1-c1cccc(Cl)c1. The second-order valence-corrected chi connectivity index (χ2v) is 7.38. The molecule has 132 valence electrons. The second-order valence-electron chi connectivity index (χ2n) is 6.00. The van der Waals surface area contributed by atoms with Crippen LogP contribution in [0.15, 0.2) is 53.9 Å². The summed E-state index contributed by atoms with van der Waals surface area (Å²) in [6.45, 7) is 4.96. The van der Waals surface area contributed by atoms with E-state index in [9.17, 15) is 0 Å². The molecule has 4 aromatic rings. The van der Waals surface area contributed by atoms with Crippen LogP contribution in [0.2, 0.25) is 5.02 Å². The van der Waals surface area contributed by atoms with E-state index in [-0.39, 0.29) is 0 Å². The Labute approximate surface area is 161 Å². The van der Waals surface area contributed by atoms with Crippen molar-refractivity contribution in [3.63, 3.8) is 0 Å². The lowest BCUT2D eigenvalue weighted by Gasteiger charge is -2.07. The maximum absolute atomic E-state index is 6.12. The van der Waals surface area contributed by atoms with E-state index in [0.717, 1.165) is 40.2 Å². The van der Waals surface area contributed by atoms with Crippen molar-refractivity contribution in [3.8, 4) is 11.4 Å². The fourth-order valence-electron chi connectivity index (χ4n) is 2.93. The smallest absolute Gasteiger partial charge is 0.191 e. The molecule has 0 bridgehead atoms. The van der Waals surface area contributed by atoms with Crippen LogP contribution in [0.3, 0.4) is 0 Å². The zero-order valence-electron chi connectivity index (χ0n) is 14.6. The molecule has 0 N–H and O–H groups in total. The molecule has 0 aliphatic rings. The molecule has 5 nitrogen and oxygen atoms in total. The monoisotopic (exact) mass is 383 g/mol. The van der Waals surface area contributed by atoms with Crippen LogP contribution in [0.25, 0.3) is 17.0 Å². The highest BCUT2D eigenvalue weighted by Gasteiger charge is 2.14. The lowest BCUT2D eigenvalue weighted by molar-refractivity contribution is 0.687. The molecule has 0 unspecified atom stereocenters.